The molecular weight excluding hydrogens is 268 g/mol. The molecule has 0 heterocycles. The van der Waals surface area contributed by atoms with Crippen LogP contribution < -0.4 is 5.32 Å². The molecule has 104 valence electrons. The lowest BCUT2D eigenvalue weighted by Crippen LogP contribution is -2.34. The summed E-state index contributed by atoms with van der Waals surface area (Å²) in [6.07, 6.45) is 3.18. The van der Waals surface area contributed by atoms with Crippen LogP contribution in [-0.2, 0) is 0 Å². The fourth-order valence-electron chi connectivity index (χ4n) is 1.32. The zero-order valence-electron chi connectivity index (χ0n) is 11.0. The van der Waals surface area contributed by atoms with Crippen LogP contribution >= 0.6 is 12.2 Å². The van der Waals surface area contributed by atoms with Gasteiger partial charge in [0.1, 0.15) is 11.6 Å². The van der Waals surface area contributed by atoms with Gasteiger partial charge in [-0.1, -0.05) is 19.4 Å². The van der Waals surface area contributed by atoms with E-state index in [1.54, 1.807) is 7.05 Å². The van der Waals surface area contributed by atoms with Crippen molar-refractivity contribution in [2.75, 3.05) is 13.6 Å². The highest BCUT2D eigenvalue weighted by Crippen LogP contribution is 2.09. The fourth-order valence-corrected chi connectivity index (χ4v) is 1.47. The van der Waals surface area contributed by atoms with E-state index >= 15 is 0 Å². The van der Waals surface area contributed by atoms with Gasteiger partial charge in [0.25, 0.3) is 0 Å². The van der Waals surface area contributed by atoms with Crippen molar-refractivity contribution in [3.05, 3.63) is 35.4 Å². The third-order valence-corrected chi connectivity index (χ3v) is 2.87. The van der Waals surface area contributed by atoms with Gasteiger partial charge in [-0.25, -0.2) is 13.8 Å². The van der Waals surface area contributed by atoms with E-state index in [4.69, 9.17) is 12.2 Å². The molecule has 1 aromatic carbocycles. The van der Waals surface area contributed by atoms with Crippen molar-refractivity contribution in [2.45, 2.75) is 19.8 Å². The molecule has 0 unspecified atom stereocenters. The molecule has 1 aromatic rings. The van der Waals surface area contributed by atoms with Gasteiger partial charge in [-0.15, -0.1) is 0 Å². The Kier molecular flexibility index (Phi) is 6.35. The van der Waals surface area contributed by atoms with Gasteiger partial charge in [0, 0.05) is 13.6 Å². The van der Waals surface area contributed by atoms with Gasteiger partial charge < -0.3 is 5.32 Å². The smallest absolute Gasteiger partial charge is 0.189 e. The second-order valence-corrected chi connectivity index (χ2v) is 4.38. The van der Waals surface area contributed by atoms with E-state index in [-0.39, 0.29) is 5.56 Å². The normalized spacial score (nSPS) is 10.7. The predicted molar refractivity (Wildman–Crippen MR) is 77.2 cm³/mol. The molecule has 0 aromatic heterocycles. The maximum absolute atomic E-state index is 13.4. The number of benzene rings is 1. The minimum atomic E-state index is -0.651. The van der Waals surface area contributed by atoms with Crippen LogP contribution in [0.1, 0.15) is 25.3 Å². The van der Waals surface area contributed by atoms with Crippen LogP contribution in [0, 0.1) is 11.6 Å². The summed E-state index contributed by atoms with van der Waals surface area (Å²) in [6, 6.07) is 3.67. The molecule has 0 fully saturated rings. The summed E-state index contributed by atoms with van der Waals surface area (Å²) in [5.41, 5.74) is -0.175. The first-order valence-electron chi connectivity index (χ1n) is 6.05. The van der Waals surface area contributed by atoms with Gasteiger partial charge >= 0.3 is 0 Å². The molecule has 1 rings (SSSR count). The number of nitrogens with zero attached hydrogens (tertiary/aromatic N) is 2. The standard InChI is InChI=1S/C13H17F2N3S/c1-3-4-8-16-13(19)18(2)17-9-10-11(14)6-5-7-12(10)15/h5-7,9H,3-4,8H2,1-2H3,(H,16,19). The maximum Gasteiger partial charge on any atom is 0.189 e. The van der Waals surface area contributed by atoms with Gasteiger partial charge in [-0.05, 0) is 30.8 Å². The average Bonchev–Trinajstić information content (AvgIpc) is 2.38. The third-order valence-electron chi connectivity index (χ3n) is 2.46. The molecule has 0 spiro atoms. The number of nitrogens with one attached hydrogen (secondary N) is 1. The zero-order chi connectivity index (χ0) is 14.3. The van der Waals surface area contributed by atoms with Crippen LogP contribution in [0.2, 0.25) is 0 Å². The minimum Gasteiger partial charge on any atom is -0.361 e. The molecule has 0 atom stereocenters. The summed E-state index contributed by atoms with van der Waals surface area (Å²) < 4.78 is 26.7. The lowest BCUT2D eigenvalue weighted by Gasteiger charge is -2.15. The number of hydrazone groups is 1. The Balaban J connectivity index is 2.63. The first kappa shape index (κ1) is 15.5. The molecule has 0 saturated heterocycles. The van der Waals surface area contributed by atoms with Crippen molar-refractivity contribution in [1.29, 1.82) is 0 Å². The highest BCUT2D eigenvalue weighted by molar-refractivity contribution is 7.80. The maximum atomic E-state index is 13.4. The number of halogens is 2. The van der Waals surface area contributed by atoms with Crippen LogP contribution in [0.25, 0.3) is 0 Å². The first-order valence-corrected chi connectivity index (χ1v) is 6.46. The van der Waals surface area contributed by atoms with E-state index in [1.165, 1.54) is 23.2 Å². The molecule has 0 aliphatic heterocycles. The van der Waals surface area contributed by atoms with Crippen molar-refractivity contribution in [1.82, 2.24) is 10.3 Å². The van der Waals surface area contributed by atoms with Crippen molar-refractivity contribution < 1.29 is 8.78 Å². The highest BCUT2D eigenvalue weighted by atomic mass is 32.1. The van der Waals surface area contributed by atoms with E-state index in [0.29, 0.717) is 5.11 Å². The molecule has 3 nitrogen and oxygen atoms in total. The fraction of sp³-hybridized carbons (Fsp3) is 0.385. The van der Waals surface area contributed by atoms with Crippen molar-refractivity contribution >= 4 is 23.5 Å². The van der Waals surface area contributed by atoms with Crippen LogP contribution in [0.3, 0.4) is 0 Å². The zero-order valence-corrected chi connectivity index (χ0v) is 11.8. The molecule has 19 heavy (non-hydrogen) atoms. The number of thiocarbonyl (C=S) groups is 1. The summed E-state index contributed by atoms with van der Waals surface area (Å²) in [5.74, 6) is -1.30. The molecule has 1 N–H and O–H groups in total. The summed E-state index contributed by atoms with van der Waals surface area (Å²) >= 11 is 5.08. The topological polar surface area (TPSA) is 27.6 Å². The Morgan fingerprint density at radius 1 is 1.42 bits per heavy atom. The van der Waals surface area contributed by atoms with Gasteiger partial charge in [0.15, 0.2) is 5.11 Å². The van der Waals surface area contributed by atoms with Crippen molar-refractivity contribution in [3.8, 4) is 0 Å². The quantitative estimate of drug-likeness (QED) is 0.390. The predicted octanol–water partition coefficient (Wildman–Crippen LogP) is 2.91. The Bertz CT molecular complexity index is 443. The molecule has 0 radical (unpaired) electrons. The van der Waals surface area contributed by atoms with Crippen LogP contribution in [-0.4, -0.2) is 29.9 Å². The monoisotopic (exact) mass is 285 g/mol. The van der Waals surface area contributed by atoms with Crippen molar-refractivity contribution in [2.24, 2.45) is 5.10 Å². The summed E-state index contributed by atoms with van der Waals surface area (Å²) in [4.78, 5) is 0. The van der Waals surface area contributed by atoms with Crippen LogP contribution in [0.4, 0.5) is 8.78 Å². The van der Waals surface area contributed by atoms with E-state index in [0.717, 1.165) is 25.6 Å². The highest BCUT2D eigenvalue weighted by Gasteiger charge is 2.06. The lowest BCUT2D eigenvalue weighted by atomic mass is 10.2. The molecule has 6 heteroatoms. The van der Waals surface area contributed by atoms with E-state index in [1.807, 2.05) is 0 Å². The molecule has 0 bridgehead atoms. The van der Waals surface area contributed by atoms with Gasteiger partial charge in [0.2, 0.25) is 0 Å². The Morgan fingerprint density at radius 3 is 2.63 bits per heavy atom. The lowest BCUT2D eigenvalue weighted by molar-refractivity contribution is 0.527. The van der Waals surface area contributed by atoms with Gasteiger partial charge in [0.05, 0.1) is 11.8 Å². The SMILES string of the molecule is CCCCNC(=S)N(C)N=Cc1c(F)cccc1F. The van der Waals surface area contributed by atoms with E-state index in [9.17, 15) is 8.78 Å². The molecular formula is C13H17F2N3S. The second kappa shape index (κ2) is 7.78. The molecule has 0 aliphatic rings. The molecule has 0 aliphatic carbocycles. The minimum absolute atomic E-state index is 0.175. The number of rotatable bonds is 5. The van der Waals surface area contributed by atoms with Crippen LogP contribution in [0.15, 0.2) is 23.3 Å². The molecule has 0 saturated carbocycles. The number of hydrogen-bond donors (Lipinski definition) is 1. The van der Waals surface area contributed by atoms with Crippen molar-refractivity contribution in [3.63, 3.8) is 0 Å². The summed E-state index contributed by atoms with van der Waals surface area (Å²) in [5, 5.41) is 8.71. The molecule has 0 amide bonds. The Labute approximate surface area is 117 Å². The van der Waals surface area contributed by atoms with Gasteiger partial charge in [-0.3, -0.25) is 0 Å². The van der Waals surface area contributed by atoms with Gasteiger partial charge in [-0.2, -0.15) is 5.10 Å². The van der Waals surface area contributed by atoms with E-state index < -0.39 is 11.6 Å². The third kappa shape index (κ3) is 4.90. The van der Waals surface area contributed by atoms with E-state index in [2.05, 4.69) is 17.3 Å². The average molecular weight is 285 g/mol. The summed E-state index contributed by atoms with van der Waals surface area (Å²) in [6.45, 7) is 2.83. The largest absolute Gasteiger partial charge is 0.361 e. The summed E-state index contributed by atoms with van der Waals surface area (Å²) in [7, 11) is 1.62. The number of unbranched alkanes of at least 4 members (excludes halogenated alkanes) is 1. The Morgan fingerprint density at radius 2 is 2.05 bits per heavy atom. The Hall–Kier alpha value is -1.56. The van der Waals surface area contributed by atoms with Crippen LogP contribution in [0.5, 0.6) is 0 Å². The number of hydrogen-bond acceptors (Lipinski definition) is 2. The first-order chi connectivity index (χ1) is 9.06. The second-order valence-electron chi connectivity index (χ2n) is 3.99.